The minimum absolute atomic E-state index is 0.282. The van der Waals surface area contributed by atoms with Crippen LogP contribution in [0.3, 0.4) is 0 Å². The molecular weight excluding hydrogens is 309 g/mol. The second-order valence-electron chi connectivity index (χ2n) is 6.17. The molecule has 0 saturated heterocycles. The molecule has 0 spiro atoms. The van der Waals surface area contributed by atoms with Gasteiger partial charge in [0.1, 0.15) is 5.82 Å². The normalized spacial score (nSPS) is 20.7. The molecule has 0 aliphatic carbocycles. The first-order valence-corrected chi connectivity index (χ1v) is 7.77. The van der Waals surface area contributed by atoms with Gasteiger partial charge in [-0.2, -0.15) is 0 Å². The number of rotatable bonds is 3. The fourth-order valence-electron chi connectivity index (χ4n) is 2.91. The molecule has 1 aliphatic rings. The van der Waals surface area contributed by atoms with Crippen LogP contribution in [0.25, 0.3) is 0 Å². The van der Waals surface area contributed by atoms with Crippen molar-refractivity contribution < 1.29 is 18.7 Å². The van der Waals surface area contributed by atoms with E-state index in [0.717, 1.165) is 5.56 Å². The lowest BCUT2D eigenvalue weighted by atomic mass is 9.89. The molecule has 124 valence electrons. The van der Waals surface area contributed by atoms with Crippen molar-refractivity contribution in [1.82, 2.24) is 5.32 Å². The molecule has 0 aromatic heterocycles. The van der Waals surface area contributed by atoms with Crippen molar-refractivity contribution >= 4 is 11.9 Å². The van der Waals surface area contributed by atoms with Crippen molar-refractivity contribution in [3.8, 4) is 0 Å². The predicted molar refractivity (Wildman–Crippen MR) is 86.9 cm³/mol. The molecule has 5 heteroatoms. The van der Waals surface area contributed by atoms with Gasteiger partial charge in [0, 0.05) is 12.0 Å². The maximum atomic E-state index is 13.9. The smallest absolute Gasteiger partial charge is 0.339 e. The first-order chi connectivity index (χ1) is 11.4. The predicted octanol–water partition coefficient (Wildman–Crippen LogP) is 3.17. The van der Waals surface area contributed by atoms with Crippen LogP contribution in [0.15, 0.2) is 48.5 Å². The third kappa shape index (κ3) is 2.89. The van der Waals surface area contributed by atoms with Crippen molar-refractivity contribution in [3.05, 3.63) is 71.0 Å². The van der Waals surface area contributed by atoms with Gasteiger partial charge in [-0.25, -0.2) is 9.18 Å². The monoisotopic (exact) mass is 327 g/mol. The minimum Gasteiger partial charge on any atom is -0.445 e. The zero-order valence-corrected chi connectivity index (χ0v) is 13.5. The molecule has 0 bridgehead atoms. The Morgan fingerprint density at radius 3 is 2.62 bits per heavy atom. The fourth-order valence-corrected chi connectivity index (χ4v) is 2.91. The maximum Gasteiger partial charge on any atom is 0.339 e. The van der Waals surface area contributed by atoms with Gasteiger partial charge in [0.15, 0.2) is 5.60 Å². The van der Waals surface area contributed by atoms with E-state index in [1.165, 1.54) is 6.07 Å². The van der Waals surface area contributed by atoms with Gasteiger partial charge in [0.2, 0.25) is 0 Å². The van der Waals surface area contributed by atoms with E-state index in [4.69, 9.17) is 4.74 Å². The number of hydrogen-bond acceptors (Lipinski definition) is 3. The first-order valence-electron chi connectivity index (χ1n) is 7.77. The highest BCUT2D eigenvalue weighted by Crippen LogP contribution is 2.29. The fraction of sp³-hybridized carbons (Fsp3) is 0.263. The molecule has 4 nitrogen and oxygen atoms in total. The Morgan fingerprint density at radius 2 is 1.88 bits per heavy atom. The molecule has 1 N–H and O–H groups in total. The lowest BCUT2D eigenvalue weighted by Gasteiger charge is -2.34. The number of fused-ring (bicyclic) bond motifs is 1. The van der Waals surface area contributed by atoms with Crippen LogP contribution < -0.4 is 5.32 Å². The van der Waals surface area contributed by atoms with Gasteiger partial charge in [-0.3, -0.25) is 4.79 Å². The zero-order valence-electron chi connectivity index (χ0n) is 13.5. The highest BCUT2D eigenvalue weighted by molar-refractivity contribution is 5.97. The van der Waals surface area contributed by atoms with Crippen LogP contribution in [0.4, 0.5) is 4.39 Å². The Labute approximate surface area is 139 Å². The number of nitrogens with one attached hydrogen (secondary N) is 1. The quantitative estimate of drug-likeness (QED) is 0.881. The van der Waals surface area contributed by atoms with E-state index >= 15 is 0 Å². The Morgan fingerprint density at radius 1 is 1.21 bits per heavy atom. The molecule has 0 saturated carbocycles. The van der Waals surface area contributed by atoms with Gasteiger partial charge in [0.25, 0.3) is 5.91 Å². The van der Waals surface area contributed by atoms with Gasteiger partial charge >= 0.3 is 5.97 Å². The summed E-state index contributed by atoms with van der Waals surface area (Å²) < 4.78 is 19.2. The number of hydrogen-bond donors (Lipinski definition) is 1. The summed E-state index contributed by atoms with van der Waals surface area (Å²) in [6.07, 6.45) is 0.282. The van der Waals surface area contributed by atoms with E-state index in [1.54, 1.807) is 44.2 Å². The highest BCUT2D eigenvalue weighted by Gasteiger charge is 2.43. The van der Waals surface area contributed by atoms with Crippen LogP contribution in [-0.4, -0.2) is 17.5 Å². The Hall–Kier alpha value is -2.69. The SMILES string of the molecule is CC(NC(=O)C1(C)Cc2ccccc2C(=O)O1)c1ccccc1F. The number of amides is 1. The summed E-state index contributed by atoms with van der Waals surface area (Å²) in [5.41, 5.74) is 0.317. The number of carbonyl (C=O) groups is 2. The number of esters is 1. The van der Waals surface area contributed by atoms with E-state index in [0.29, 0.717) is 11.1 Å². The third-order valence-electron chi connectivity index (χ3n) is 4.28. The van der Waals surface area contributed by atoms with Crippen molar-refractivity contribution in [2.45, 2.75) is 31.9 Å². The van der Waals surface area contributed by atoms with Crippen LogP contribution in [0.2, 0.25) is 0 Å². The molecule has 1 heterocycles. The lowest BCUT2D eigenvalue weighted by molar-refractivity contribution is -0.140. The van der Waals surface area contributed by atoms with Gasteiger partial charge in [-0.05, 0) is 31.5 Å². The summed E-state index contributed by atoms with van der Waals surface area (Å²) >= 11 is 0. The highest BCUT2D eigenvalue weighted by atomic mass is 19.1. The van der Waals surface area contributed by atoms with E-state index in [1.807, 2.05) is 12.1 Å². The maximum absolute atomic E-state index is 13.9. The Kier molecular flexibility index (Phi) is 4.09. The number of halogens is 1. The summed E-state index contributed by atoms with van der Waals surface area (Å²) in [7, 11) is 0. The van der Waals surface area contributed by atoms with Gasteiger partial charge in [-0.15, -0.1) is 0 Å². The average Bonchev–Trinajstić information content (AvgIpc) is 2.55. The molecule has 2 aromatic carbocycles. The summed E-state index contributed by atoms with van der Waals surface area (Å²) in [5, 5.41) is 2.74. The molecule has 2 aromatic rings. The van der Waals surface area contributed by atoms with Crippen LogP contribution in [0.5, 0.6) is 0 Å². The number of cyclic esters (lactones) is 1. The van der Waals surface area contributed by atoms with Crippen molar-refractivity contribution in [2.75, 3.05) is 0 Å². The van der Waals surface area contributed by atoms with Gasteiger partial charge in [-0.1, -0.05) is 36.4 Å². The summed E-state index contributed by atoms with van der Waals surface area (Å²) in [6, 6.07) is 12.8. The minimum atomic E-state index is -1.31. The zero-order chi connectivity index (χ0) is 17.3. The van der Waals surface area contributed by atoms with Crippen molar-refractivity contribution in [1.29, 1.82) is 0 Å². The standard InChI is InChI=1S/C19H18FNO3/c1-12(14-8-5-6-10-16(14)20)21-18(23)19(2)11-13-7-3-4-9-15(13)17(22)24-19/h3-10,12H,11H2,1-2H3,(H,21,23). The number of benzene rings is 2. The van der Waals surface area contributed by atoms with Crippen LogP contribution >= 0.6 is 0 Å². The molecule has 2 atom stereocenters. The van der Waals surface area contributed by atoms with Crippen molar-refractivity contribution in [2.24, 2.45) is 0 Å². The second-order valence-corrected chi connectivity index (χ2v) is 6.17. The van der Waals surface area contributed by atoms with Crippen LogP contribution in [-0.2, 0) is 16.0 Å². The molecular formula is C19H18FNO3. The molecule has 3 rings (SSSR count). The van der Waals surface area contributed by atoms with Gasteiger partial charge < -0.3 is 10.1 Å². The molecule has 24 heavy (non-hydrogen) atoms. The van der Waals surface area contributed by atoms with Crippen LogP contribution in [0.1, 0.15) is 41.4 Å². The number of ether oxygens (including phenoxy) is 1. The molecule has 2 unspecified atom stereocenters. The Balaban J connectivity index is 1.80. The Bertz CT molecular complexity index is 805. The van der Waals surface area contributed by atoms with E-state index < -0.39 is 23.5 Å². The average molecular weight is 327 g/mol. The number of carbonyl (C=O) groups excluding carboxylic acids is 2. The van der Waals surface area contributed by atoms with E-state index in [2.05, 4.69) is 5.32 Å². The van der Waals surface area contributed by atoms with E-state index in [9.17, 15) is 14.0 Å². The largest absolute Gasteiger partial charge is 0.445 e. The lowest BCUT2D eigenvalue weighted by Crippen LogP contribution is -2.52. The van der Waals surface area contributed by atoms with Crippen molar-refractivity contribution in [3.63, 3.8) is 0 Å². The summed E-state index contributed by atoms with van der Waals surface area (Å²) in [6.45, 7) is 3.27. The molecule has 0 fully saturated rings. The topological polar surface area (TPSA) is 55.4 Å². The molecule has 0 radical (unpaired) electrons. The first kappa shape index (κ1) is 16.2. The summed E-state index contributed by atoms with van der Waals surface area (Å²) in [4.78, 5) is 24.8. The molecule has 1 aliphatic heterocycles. The van der Waals surface area contributed by atoms with Crippen LogP contribution in [0, 0.1) is 5.82 Å². The summed E-state index contributed by atoms with van der Waals surface area (Å²) in [5.74, 6) is -1.35. The third-order valence-corrected chi connectivity index (χ3v) is 4.28. The molecule has 1 amide bonds. The van der Waals surface area contributed by atoms with Gasteiger partial charge in [0.05, 0.1) is 11.6 Å². The van der Waals surface area contributed by atoms with E-state index in [-0.39, 0.29) is 12.2 Å². The second kappa shape index (κ2) is 6.07.